The minimum absolute atomic E-state index is 0.430. The van der Waals surface area contributed by atoms with Crippen molar-refractivity contribution < 1.29 is 0 Å². The van der Waals surface area contributed by atoms with Crippen molar-refractivity contribution in [2.45, 2.75) is 18.9 Å². The van der Waals surface area contributed by atoms with Gasteiger partial charge in [-0.1, -0.05) is 23.2 Å². The maximum Gasteiger partial charge on any atom is 0.130 e. The van der Waals surface area contributed by atoms with Crippen LogP contribution in [-0.4, -0.2) is 39.8 Å². The smallest absolute Gasteiger partial charge is 0.130 e. The first kappa shape index (κ1) is 13.4. The monoisotopic (exact) mass is 316 g/mol. The molecule has 102 valence electrons. The second kappa shape index (κ2) is 5.40. The van der Waals surface area contributed by atoms with E-state index in [1.807, 2.05) is 0 Å². The lowest BCUT2D eigenvalue weighted by molar-refractivity contribution is 0.264. The van der Waals surface area contributed by atoms with Gasteiger partial charge in [-0.2, -0.15) is 8.75 Å². The lowest BCUT2D eigenvalue weighted by atomic mass is 10.1. The van der Waals surface area contributed by atoms with Gasteiger partial charge in [-0.15, -0.1) is 0 Å². The maximum atomic E-state index is 6.29. The number of nitrogens with one attached hydrogen (secondary N) is 1. The van der Waals surface area contributed by atoms with E-state index in [1.165, 1.54) is 0 Å². The van der Waals surface area contributed by atoms with E-state index < -0.39 is 0 Å². The molecular formula is C12H14Cl2N4S. The van der Waals surface area contributed by atoms with Gasteiger partial charge in [-0.05, 0) is 39.0 Å². The van der Waals surface area contributed by atoms with Crippen LogP contribution >= 0.6 is 34.9 Å². The van der Waals surface area contributed by atoms with E-state index in [0.717, 1.165) is 54.4 Å². The molecule has 7 heteroatoms. The molecule has 19 heavy (non-hydrogen) atoms. The Labute approximate surface area is 126 Å². The average molecular weight is 317 g/mol. The van der Waals surface area contributed by atoms with Crippen molar-refractivity contribution in [3.63, 3.8) is 0 Å². The highest BCUT2D eigenvalue weighted by molar-refractivity contribution is 7.00. The molecule has 0 atom stereocenters. The van der Waals surface area contributed by atoms with E-state index >= 15 is 0 Å². The second-order valence-corrected chi connectivity index (χ2v) is 6.24. The van der Waals surface area contributed by atoms with Gasteiger partial charge in [0.1, 0.15) is 11.0 Å². The number of nitrogens with zero attached hydrogens (tertiary/aromatic N) is 3. The lowest BCUT2D eigenvalue weighted by Crippen LogP contribution is -2.36. The third-order valence-corrected chi connectivity index (χ3v) is 4.63. The molecule has 0 radical (unpaired) electrons. The van der Waals surface area contributed by atoms with Gasteiger partial charge in [0.05, 0.1) is 27.5 Å². The average Bonchev–Trinajstić information content (AvgIpc) is 2.86. The number of halogens is 2. The first-order chi connectivity index (χ1) is 9.15. The summed E-state index contributed by atoms with van der Waals surface area (Å²) in [5, 5.41) is 4.69. The summed E-state index contributed by atoms with van der Waals surface area (Å²) in [6, 6.07) is 2.17. The summed E-state index contributed by atoms with van der Waals surface area (Å²) in [4.78, 5) is 2.33. The van der Waals surface area contributed by atoms with Gasteiger partial charge < -0.3 is 10.2 Å². The van der Waals surface area contributed by atoms with Crippen molar-refractivity contribution in [1.82, 2.24) is 13.6 Å². The van der Waals surface area contributed by atoms with Crippen molar-refractivity contribution >= 4 is 51.7 Å². The zero-order chi connectivity index (χ0) is 13.4. The van der Waals surface area contributed by atoms with Crippen LogP contribution < -0.4 is 5.32 Å². The van der Waals surface area contributed by atoms with Crippen LogP contribution in [0.4, 0.5) is 5.69 Å². The number of piperidine rings is 1. The fourth-order valence-electron chi connectivity index (χ4n) is 2.37. The molecule has 0 spiro atoms. The first-order valence-electron chi connectivity index (χ1n) is 6.20. The van der Waals surface area contributed by atoms with Crippen molar-refractivity contribution in [2.24, 2.45) is 0 Å². The molecule has 1 aromatic carbocycles. The Hall–Kier alpha value is -0.620. The fraction of sp³-hybridized carbons (Fsp3) is 0.500. The van der Waals surface area contributed by atoms with Gasteiger partial charge in [0.15, 0.2) is 0 Å². The number of hydrogen-bond acceptors (Lipinski definition) is 5. The lowest BCUT2D eigenvalue weighted by Gasteiger charge is -2.30. The van der Waals surface area contributed by atoms with E-state index in [-0.39, 0.29) is 0 Å². The SMILES string of the molecule is CN1CCC(Nc2c(Cl)cc(Cl)c3nsnc23)CC1. The topological polar surface area (TPSA) is 41.0 Å². The van der Waals surface area contributed by atoms with Gasteiger partial charge >= 0.3 is 0 Å². The summed E-state index contributed by atoms with van der Waals surface area (Å²) < 4.78 is 8.53. The van der Waals surface area contributed by atoms with E-state index in [1.54, 1.807) is 6.07 Å². The molecule has 0 saturated carbocycles. The van der Waals surface area contributed by atoms with E-state index in [9.17, 15) is 0 Å². The van der Waals surface area contributed by atoms with Gasteiger partial charge in [0.25, 0.3) is 0 Å². The van der Waals surface area contributed by atoms with E-state index in [2.05, 4.69) is 26.0 Å². The summed E-state index contributed by atoms with van der Waals surface area (Å²) in [7, 11) is 2.15. The number of aromatic nitrogens is 2. The van der Waals surface area contributed by atoms with Crippen LogP contribution in [0, 0.1) is 0 Å². The third-order valence-electron chi connectivity index (χ3n) is 3.51. The molecule has 1 fully saturated rings. The molecule has 2 aromatic rings. The largest absolute Gasteiger partial charge is 0.379 e. The molecule has 1 aromatic heterocycles. The normalized spacial score (nSPS) is 18.1. The molecule has 4 nitrogen and oxygen atoms in total. The molecule has 1 saturated heterocycles. The summed E-state index contributed by atoms with van der Waals surface area (Å²) in [6.07, 6.45) is 2.21. The highest BCUT2D eigenvalue weighted by Crippen LogP contribution is 2.36. The van der Waals surface area contributed by atoms with Crippen LogP contribution in [0.2, 0.25) is 10.0 Å². The fourth-order valence-corrected chi connectivity index (χ4v) is 3.54. The highest BCUT2D eigenvalue weighted by atomic mass is 35.5. The van der Waals surface area contributed by atoms with Crippen molar-refractivity contribution in [2.75, 3.05) is 25.5 Å². The van der Waals surface area contributed by atoms with Gasteiger partial charge in [-0.3, -0.25) is 0 Å². The van der Waals surface area contributed by atoms with Crippen molar-refractivity contribution in [1.29, 1.82) is 0 Å². The molecule has 1 aliphatic heterocycles. The second-order valence-electron chi connectivity index (χ2n) is 4.90. The van der Waals surface area contributed by atoms with E-state index in [4.69, 9.17) is 23.2 Å². The number of benzene rings is 1. The van der Waals surface area contributed by atoms with Gasteiger partial charge in [0, 0.05) is 6.04 Å². The number of anilines is 1. The Bertz CT molecular complexity index is 593. The molecule has 0 bridgehead atoms. The zero-order valence-electron chi connectivity index (χ0n) is 10.5. The Balaban J connectivity index is 1.90. The summed E-state index contributed by atoms with van der Waals surface area (Å²) >= 11 is 13.6. The summed E-state index contributed by atoms with van der Waals surface area (Å²) in [6.45, 7) is 2.20. The van der Waals surface area contributed by atoms with Crippen LogP contribution in [-0.2, 0) is 0 Å². The van der Waals surface area contributed by atoms with Crippen molar-refractivity contribution in [3.8, 4) is 0 Å². The zero-order valence-corrected chi connectivity index (χ0v) is 12.8. The van der Waals surface area contributed by atoms with Crippen LogP contribution in [0.5, 0.6) is 0 Å². The predicted molar refractivity (Wildman–Crippen MR) is 81.6 cm³/mol. The van der Waals surface area contributed by atoms with Gasteiger partial charge in [-0.25, -0.2) is 0 Å². The minimum Gasteiger partial charge on any atom is -0.379 e. The standard InChI is InChI=1S/C12H14Cl2N4S/c1-18-4-2-7(3-5-18)15-10-8(13)6-9(14)11-12(10)17-19-16-11/h6-7,15H,2-5H2,1H3. The van der Waals surface area contributed by atoms with Crippen LogP contribution in [0.25, 0.3) is 11.0 Å². The van der Waals surface area contributed by atoms with Crippen LogP contribution in [0.15, 0.2) is 6.07 Å². The number of fused-ring (bicyclic) bond motifs is 1. The Kier molecular flexibility index (Phi) is 3.80. The number of rotatable bonds is 2. The summed E-state index contributed by atoms with van der Waals surface area (Å²) in [5.41, 5.74) is 2.37. The Morgan fingerprint density at radius 3 is 2.63 bits per heavy atom. The van der Waals surface area contributed by atoms with Crippen molar-refractivity contribution in [3.05, 3.63) is 16.1 Å². The molecule has 1 aliphatic rings. The quantitative estimate of drug-likeness (QED) is 0.920. The predicted octanol–water partition coefficient (Wildman–Crippen LogP) is 3.50. The van der Waals surface area contributed by atoms with E-state index in [0.29, 0.717) is 16.1 Å². The summed E-state index contributed by atoms with van der Waals surface area (Å²) in [5.74, 6) is 0. The van der Waals surface area contributed by atoms with Gasteiger partial charge in [0.2, 0.25) is 0 Å². The maximum absolute atomic E-state index is 6.29. The number of likely N-dealkylation sites (tertiary alicyclic amines) is 1. The number of hydrogen-bond donors (Lipinski definition) is 1. The first-order valence-corrected chi connectivity index (χ1v) is 7.69. The highest BCUT2D eigenvalue weighted by Gasteiger charge is 2.20. The van der Waals surface area contributed by atoms with Crippen LogP contribution in [0.1, 0.15) is 12.8 Å². The molecule has 0 amide bonds. The molecule has 1 N–H and O–H groups in total. The molecule has 0 aliphatic carbocycles. The molecule has 0 unspecified atom stereocenters. The molecular weight excluding hydrogens is 303 g/mol. The Morgan fingerprint density at radius 1 is 1.21 bits per heavy atom. The minimum atomic E-state index is 0.430. The van der Waals surface area contributed by atoms with Crippen LogP contribution in [0.3, 0.4) is 0 Å². The third kappa shape index (κ3) is 2.65. The molecule has 3 rings (SSSR count). The Morgan fingerprint density at radius 2 is 1.89 bits per heavy atom. The molecule has 2 heterocycles.